The van der Waals surface area contributed by atoms with Gasteiger partial charge in [0.1, 0.15) is 0 Å². The molecule has 0 fully saturated rings. The van der Waals surface area contributed by atoms with E-state index >= 15 is 0 Å². The molecule has 3 rings (SSSR count). The van der Waals surface area contributed by atoms with Crippen LogP contribution in [-0.2, 0) is 5.75 Å². The second-order valence-electron chi connectivity index (χ2n) is 3.27. The standard InChI is InChI=1S/C10H8N4OS2/c11-9-14-13-8(15-9)5-16-10-12-6-3-1-2-4-7(6)17-10/h1-4H,5H2,(H2,11,14). The van der Waals surface area contributed by atoms with Crippen LogP contribution in [0.2, 0.25) is 0 Å². The smallest absolute Gasteiger partial charge is 0.312 e. The zero-order valence-corrected chi connectivity index (χ0v) is 10.3. The summed E-state index contributed by atoms with van der Waals surface area (Å²) >= 11 is 3.22. The van der Waals surface area contributed by atoms with Gasteiger partial charge in [0.25, 0.3) is 0 Å². The van der Waals surface area contributed by atoms with Crippen LogP contribution >= 0.6 is 23.1 Å². The van der Waals surface area contributed by atoms with Gasteiger partial charge in [-0.05, 0) is 12.1 Å². The molecule has 0 spiro atoms. The monoisotopic (exact) mass is 264 g/mol. The number of para-hydroxylation sites is 1. The lowest BCUT2D eigenvalue weighted by Crippen LogP contribution is -1.81. The first-order valence-electron chi connectivity index (χ1n) is 4.87. The molecule has 0 aliphatic carbocycles. The van der Waals surface area contributed by atoms with E-state index in [-0.39, 0.29) is 6.01 Å². The van der Waals surface area contributed by atoms with Crippen LogP contribution in [0, 0.1) is 0 Å². The molecule has 17 heavy (non-hydrogen) atoms. The maximum Gasteiger partial charge on any atom is 0.312 e. The third-order valence-electron chi connectivity index (χ3n) is 2.08. The number of nitrogens with zero attached hydrogens (tertiary/aromatic N) is 3. The number of fused-ring (bicyclic) bond motifs is 1. The zero-order valence-electron chi connectivity index (χ0n) is 8.66. The number of rotatable bonds is 3. The van der Waals surface area contributed by atoms with Crippen molar-refractivity contribution < 1.29 is 4.42 Å². The van der Waals surface area contributed by atoms with Crippen molar-refractivity contribution in [1.82, 2.24) is 15.2 Å². The number of thiazole rings is 1. The van der Waals surface area contributed by atoms with Gasteiger partial charge >= 0.3 is 6.01 Å². The minimum absolute atomic E-state index is 0.102. The lowest BCUT2D eigenvalue weighted by Gasteiger charge is -1.90. The highest BCUT2D eigenvalue weighted by Gasteiger charge is 2.07. The van der Waals surface area contributed by atoms with Crippen LogP contribution in [0.15, 0.2) is 33.0 Å². The molecule has 0 amide bonds. The summed E-state index contributed by atoms with van der Waals surface area (Å²) in [6.07, 6.45) is 0. The molecule has 1 aromatic carbocycles. The Morgan fingerprint density at radius 3 is 2.94 bits per heavy atom. The Morgan fingerprint density at radius 2 is 2.18 bits per heavy atom. The van der Waals surface area contributed by atoms with E-state index in [1.165, 1.54) is 4.70 Å². The maximum absolute atomic E-state index is 5.35. The highest BCUT2D eigenvalue weighted by molar-refractivity contribution is 8.00. The van der Waals surface area contributed by atoms with Gasteiger partial charge in [-0.3, -0.25) is 0 Å². The Balaban J connectivity index is 1.76. The largest absolute Gasteiger partial charge is 0.407 e. The molecule has 0 saturated carbocycles. The van der Waals surface area contributed by atoms with Crippen LogP contribution in [0.1, 0.15) is 5.89 Å². The van der Waals surface area contributed by atoms with E-state index < -0.39 is 0 Å². The van der Waals surface area contributed by atoms with Gasteiger partial charge in [-0.2, -0.15) is 0 Å². The SMILES string of the molecule is Nc1nnc(CSc2nc3ccccc3s2)o1. The van der Waals surface area contributed by atoms with Crippen LogP contribution in [0.4, 0.5) is 6.01 Å². The van der Waals surface area contributed by atoms with Gasteiger partial charge in [0.15, 0.2) is 4.34 Å². The number of benzene rings is 1. The Labute approximate surface area is 105 Å². The van der Waals surface area contributed by atoms with Crippen LogP contribution < -0.4 is 5.73 Å². The minimum Gasteiger partial charge on any atom is -0.407 e. The first-order valence-corrected chi connectivity index (χ1v) is 6.68. The number of anilines is 1. The Morgan fingerprint density at radius 1 is 1.29 bits per heavy atom. The Bertz CT molecular complexity index is 615. The van der Waals surface area contributed by atoms with Crippen LogP contribution in [0.25, 0.3) is 10.2 Å². The Kier molecular flexibility index (Phi) is 2.69. The molecule has 3 aromatic rings. The molecule has 0 aliphatic heterocycles. The van der Waals surface area contributed by atoms with E-state index in [9.17, 15) is 0 Å². The Hall–Kier alpha value is -1.60. The van der Waals surface area contributed by atoms with Gasteiger partial charge in [0.2, 0.25) is 5.89 Å². The van der Waals surface area contributed by atoms with E-state index in [4.69, 9.17) is 10.2 Å². The van der Waals surface area contributed by atoms with Gasteiger partial charge in [-0.15, -0.1) is 16.4 Å². The molecule has 2 aromatic heterocycles. The molecular weight excluding hydrogens is 256 g/mol. The average Bonchev–Trinajstić information content (AvgIpc) is 2.91. The van der Waals surface area contributed by atoms with Crippen LogP contribution in [0.3, 0.4) is 0 Å². The third kappa shape index (κ3) is 2.25. The number of nitrogen functional groups attached to an aromatic ring is 1. The van der Waals surface area contributed by atoms with Gasteiger partial charge in [0.05, 0.1) is 16.0 Å². The summed E-state index contributed by atoms with van der Waals surface area (Å²) in [5.41, 5.74) is 6.36. The van der Waals surface area contributed by atoms with E-state index in [0.717, 1.165) is 9.86 Å². The number of thioether (sulfide) groups is 1. The number of hydrogen-bond acceptors (Lipinski definition) is 7. The normalized spacial score (nSPS) is 11.1. The zero-order chi connectivity index (χ0) is 11.7. The molecule has 0 radical (unpaired) electrons. The summed E-state index contributed by atoms with van der Waals surface area (Å²) in [6.45, 7) is 0. The van der Waals surface area contributed by atoms with Crippen LogP contribution in [-0.4, -0.2) is 15.2 Å². The lowest BCUT2D eigenvalue weighted by molar-refractivity contribution is 0.533. The molecule has 2 N–H and O–H groups in total. The molecule has 0 saturated heterocycles. The molecule has 0 unspecified atom stereocenters. The molecule has 0 aliphatic rings. The van der Waals surface area contributed by atoms with Gasteiger partial charge in [-0.1, -0.05) is 29.0 Å². The van der Waals surface area contributed by atoms with E-state index in [1.807, 2.05) is 18.2 Å². The fourth-order valence-electron chi connectivity index (χ4n) is 1.36. The van der Waals surface area contributed by atoms with Crippen molar-refractivity contribution >= 4 is 39.3 Å². The topological polar surface area (TPSA) is 77.8 Å². The fourth-order valence-corrected chi connectivity index (χ4v) is 3.27. The molecule has 0 atom stereocenters. The first kappa shape index (κ1) is 10.5. The quantitative estimate of drug-likeness (QED) is 0.732. The maximum atomic E-state index is 5.35. The highest BCUT2D eigenvalue weighted by Crippen LogP contribution is 2.31. The predicted octanol–water partition coefficient (Wildman–Crippen LogP) is 2.55. The van der Waals surface area contributed by atoms with Crippen molar-refractivity contribution in [3.63, 3.8) is 0 Å². The van der Waals surface area contributed by atoms with Crippen molar-refractivity contribution in [3.05, 3.63) is 30.2 Å². The van der Waals surface area contributed by atoms with Gasteiger partial charge in [-0.25, -0.2) is 4.98 Å². The molecular formula is C10H8N4OS2. The van der Waals surface area contributed by atoms with Crippen molar-refractivity contribution in [1.29, 1.82) is 0 Å². The van der Waals surface area contributed by atoms with Gasteiger partial charge in [0, 0.05) is 0 Å². The van der Waals surface area contributed by atoms with Crippen LogP contribution in [0.5, 0.6) is 0 Å². The molecule has 5 nitrogen and oxygen atoms in total. The minimum atomic E-state index is 0.102. The second kappa shape index (κ2) is 4.34. The molecule has 0 bridgehead atoms. The number of nitrogens with two attached hydrogens (primary N) is 1. The van der Waals surface area contributed by atoms with Gasteiger partial charge < -0.3 is 10.2 Å². The fraction of sp³-hybridized carbons (Fsp3) is 0.100. The van der Waals surface area contributed by atoms with Crippen molar-refractivity contribution in [3.8, 4) is 0 Å². The highest BCUT2D eigenvalue weighted by atomic mass is 32.2. The summed E-state index contributed by atoms with van der Waals surface area (Å²) in [5.74, 6) is 1.11. The number of aromatic nitrogens is 3. The summed E-state index contributed by atoms with van der Waals surface area (Å²) in [7, 11) is 0. The predicted molar refractivity (Wildman–Crippen MR) is 67.9 cm³/mol. The lowest BCUT2D eigenvalue weighted by atomic mass is 10.3. The summed E-state index contributed by atoms with van der Waals surface area (Å²) in [5, 5.41) is 7.40. The average molecular weight is 264 g/mol. The van der Waals surface area contributed by atoms with E-state index in [1.54, 1.807) is 23.1 Å². The summed E-state index contributed by atoms with van der Waals surface area (Å²) < 4.78 is 7.26. The second-order valence-corrected chi connectivity index (χ2v) is 5.52. The summed E-state index contributed by atoms with van der Waals surface area (Å²) in [4.78, 5) is 4.49. The first-order chi connectivity index (χ1) is 8.31. The van der Waals surface area contributed by atoms with Crippen molar-refractivity contribution in [2.24, 2.45) is 0 Å². The summed E-state index contributed by atoms with van der Waals surface area (Å²) in [6, 6.07) is 8.15. The van der Waals surface area contributed by atoms with E-state index in [2.05, 4.69) is 21.2 Å². The molecule has 7 heteroatoms. The molecule has 86 valence electrons. The third-order valence-corrected chi connectivity index (χ3v) is 4.24. The van der Waals surface area contributed by atoms with E-state index in [0.29, 0.717) is 11.6 Å². The van der Waals surface area contributed by atoms with Crippen molar-refractivity contribution in [2.75, 3.05) is 5.73 Å². The van der Waals surface area contributed by atoms with Crippen molar-refractivity contribution in [2.45, 2.75) is 10.1 Å². The number of hydrogen-bond donors (Lipinski definition) is 1. The molecule has 2 heterocycles.